The lowest BCUT2D eigenvalue weighted by Crippen LogP contribution is -2.45. The van der Waals surface area contributed by atoms with Crippen LogP contribution in [0.2, 0.25) is 0 Å². The zero-order chi connectivity index (χ0) is 74.2. The first-order chi connectivity index (χ1) is 50.2. The van der Waals surface area contributed by atoms with E-state index in [1.165, 1.54) is 0 Å². The van der Waals surface area contributed by atoms with E-state index in [9.17, 15) is 29.7 Å². The van der Waals surface area contributed by atoms with Gasteiger partial charge in [0.25, 0.3) is 0 Å². The lowest BCUT2D eigenvalue weighted by molar-refractivity contribution is -0.147. The Labute approximate surface area is 613 Å². The first-order valence-corrected chi connectivity index (χ1v) is 37.2. The molecule has 0 spiro atoms. The Morgan fingerprint density at radius 2 is 0.750 bits per heavy atom. The van der Waals surface area contributed by atoms with Crippen LogP contribution in [0.3, 0.4) is 0 Å². The van der Waals surface area contributed by atoms with E-state index in [0.29, 0.717) is 138 Å². The third-order valence-electron chi connectivity index (χ3n) is 17.8. The lowest BCUT2D eigenvalue weighted by atomic mass is 9.97. The van der Waals surface area contributed by atoms with Crippen LogP contribution in [0.1, 0.15) is 217 Å². The number of hydrogen-bond acceptors (Lipinski definition) is 14. The highest BCUT2D eigenvalue weighted by Gasteiger charge is 2.30. The van der Waals surface area contributed by atoms with Crippen molar-refractivity contribution in [2.24, 2.45) is 0 Å². The Morgan fingerprint density at radius 3 is 1.08 bits per heavy atom. The van der Waals surface area contributed by atoms with Crippen molar-refractivity contribution in [1.29, 1.82) is 10.5 Å². The molecule has 0 radical (unpaired) electrons. The minimum Gasteiger partial charge on any atom is -0.493 e. The Bertz CT molecular complexity index is 4160. The summed E-state index contributed by atoms with van der Waals surface area (Å²) in [6, 6.07) is 36.8. The second-order valence-electron chi connectivity index (χ2n) is 28.6. The monoisotopic (exact) mass is 1410 g/mol. The number of fused-ring (bicyclic) bond motifs is 8. The normalized spacial score (nSPS) is 12.4. The number of benzene rings is 4. The number of aromatic nitrogens is 4. The Morgan fingerprint density at radius 1 is 0.423 bits per heavy atom. The molecule has 18 nitrogen and oxygen atoms in total. The maximum atomic E-state index is 14.2. The first kappa shape index (κ1) is 77.7. The number of carbonyl (C=O) groups is 4. The highest BCUT2D eigenvalue weighted by Crippen LogP contribution is 2.43. The number of ether oxygens (including phenoxy) is 6. The van der Waals surface area contributed by atoms with Crippen molar-refractivity contribution < 1.29 is 47.6 Å². The fraction of sp³-hybridized carbons (Fsp3) is 0.419. The highest BCUT2D eigenvalue weighted by molar-refractivity contribution is 6.01. The Balaban J connectivity index is 1.34. The van der Waals surface area contributed by atoms with Gasteiger partial charge in [-0.25, -0.2) is 29.1 Å². The van der Waals surface area contributed by atoms with E-state index in [0.717, 1.165) is 101 Å². The first-order valence-electron chi connectivity index (χ1n) is 37.2. The van der Waals surface area contributed by atoms with Crippen molar-refractivity contribution in [2.75, 3.05) is 26.4 Å². The molecule has 3 aromatic heterocycles. The van der Waals surface area contributed by atoms with E-state index in [2.05, 4.69) is 60.4 Å². The number of amides is 2. The number of H-pyrrole nitrogens is 2. The van der Waals surface area contributed by atoms with Gasteiger partial charge in [0.2, 0.25) is 0 Å². The molecule has 0 aliphatic carbocycles. The van der Waals surface area contributed by atoms with Gasteiger partial charge in [-0.2, -0.15) is 10.5 Å². The van der Waals surface area contributed by atoms with Crippen LogP contribution in [0.15, 0.2) is 109 Å². The zero-order valence-electron chi connectivity index (χ0n) is 62.3. The van der Waals surface area contributed by atoms with E-state index in [1.807, 2.05) is 109 Å². The molecule has 7 aromatic rings. The van der Waals surface area contributed by atoms with Gasteiger partial charge >= 0.3 is 24.1 Å². The van der Waals surface area contributed by atoms with Gasteiger partial charge in [-0.15, -0.1) is 0 Å². The van der Waals surface area contributed by atoms with Crippen molar-refractivity contribution in [2.45, 2.75) is 208 Å². The predicted octanol–water partition coefficient (Wildman–Crippen LogP) is 20.1. The van der Waals surface area contributed by atoms with Gasteiger partial charge < -0.3 is 49.0 Å². The molecule has 0 fully saturated rings. The quantitative estimate of drug-likeness (QED) is 0.0166. The molecule has 18 heteroatoms. The topological polar surface area (TPSA) is 253 Å². The molecule has 546 valence electrons. The average Bonchev–Trinajstić information content (AvgIpc) is 1.59. The van der Waals surface area contributed by atoms with Gasteiger partial charge in [0.15, 0.2) is 0 Å². The molecule has 4 aromatic carbocycles. The molecular formula is C86H102N8O10. The van der Waals surface area contributed by atoms with Crippen LogP contribution in [0.4, 0.5) is 9.59 Å². The van der Waals surface area contributed by atoms with E-state index in [4.69, 9.17) is 38.4 Å². The van der Waals surface area contributed by atoms with Gasteiger partial charge in [-0.1, -0.05) is 141 Å². The van der Waals surface area contributed by atoms with Crippen LogP contribution in [0, 0.1) is 22.7 Å². The summed E-state index contributed by atoms with van der Waals surface area (Å²) in [5.74, 6) is -0.0263. The fourth-order valence-electron chi connectivity index (χ4n) is 12.6. The highest BCUT2D eigenvalue weighted by atomic mass is 16.6. The molecule has 2 aliphatic heterocycles. The minimum atomic E-state index is -1.12. The molecule has 0 unspecified atom stereocenters. The van der Waals surface area contributed by atoms with Crippen LogP contribution >= 0.6 is 0 Å². The standard InChI is InChI=1S/C86H102N8O10/c1-11-15-19-23-47-99-75-45-31-59(53-73(93-83(97)103-85(5,6)7)81(95)101-49-25-21-17-13-3)51-63(75)79-69-41-37-65(89-69)77(61-33-27-57(55-87)28-34-61)67-39-43-71(91-67)80(72-44-40-68(92-72)78(66-38-42-70(79)90-66)62-35-29-58(56-88)30-36-62)64-52-60(32-46-76(64)100-48-24-20-16-12-2)54-74(94-84(98)104-86(8,9)10)82(96)102-50-26-22-18-14-4/h27-46,51-52,73-74,89,92H,11-26,47-50,53-54H2,1-10H3,(H,93,97)(H,94,98)/t73-,74-/m1/s1. The predicted molar refractivity (Wildman–Crippen MR) is 413 cm³/mol. The summed E-state index contributed by atoms with van der Waals surface area (Å²) in [5, 5.41) is 26.0. The maximum absolute atomic E-state index is 14.2. The Kier molecular flexibility index (Phi) is 28.1. The van der Waals surface area contributed by atoms with E-state index < -0.39 is 47.4 Å². The molecule has 2 amide bonds. The summed E-state index contributed by atoms with van der Waals surface area (Å²) in [6.45, 7) is 20.4. The van der Waals surface area contributed by atoms with Gasteiger partial charge in [0.1, 0.15) is 34.8 Å². The number of alkyl carbamates (subject to hydrolysis) is 2. The van der Waals surface area contributed by atoms with E-state index in [1.54, 1.807) is 65.8 Å². The van der Waals surface area contributed by atoms with Gasteiger partial charge in [-0.05, 0) is 187 Å². The maximum Gasteiger partial charge on any atom is 0.408 e. The molecule has 9 rings (SSSR count). The number of esters is 2. The summed E-state index contributed by atoms with van der Waals surface area (Å²) in [6.07, 6.45) is 21.5. The van der Waals surface area contributed by atoms with Crippen molar-refractivity contribution in [3.05, 3.63) is 154 Å². The molecule has 2 aliphatic rings. The van der Waals surface area contributed by atoms with Gasteiger partial charge in [-0.3, -0.25) is 0 Å². The second-order valence-corrected chi connectivity index (χ2v) is 28.6. The van der Waals surface area contributed by atoms with Crippen LogP contribution in [-0.4, -0.2) is 93.8 Å². The van der Waals surface area contributed by atoms with Crippen LogP contribution in [-0.2, 0) is 41.4 Å². The van der Waals surface area contributed by atoms with Crippen molar-refractivity contribution in [3.63, 3.8) is 0 Å². The number of nitriles is 2. The number of unbranched alkanes of at least 4 members (excludes halogenated alkanes) is 12. The smallest absolute Gasteiger partial charge is 0.408 e. The van der Waals surface area contributed by atoms with E-state index >= 15 is 0 Å². The summed E-state index contributed by atoms with van der Waals surface area (Å²) < 4.78 is 36.9. The molecule has 4 N–H and O–H groups in total. The van der Waals surface area contributed by atoms with Crippen LogP contribution in [0.5, 0.6) is 11.5 Å². The minimum absolute atomic E-state index is 0.0444. The lowest BCUT2D eigenvalue weighted by Gasteiger charge is -2.23. The number of aromatic amines is 2. The third-order valence-corrected chi connectivity index (χ3v) is 17.8. The number of rotatable bonds is 34. The molecular weight excluding hydrogens is 1300 g/mol. The molecule has 0 saturated heterocycles. The molecule has 2 atom stereocenters. The largest absolute Gasteiger partial charge is 0.493 e. The van der Waals surface area contributed by atoms with Gasteiger partial charge in [0, 0.05) is 68.3 Å². The third kappa shape index (κ3) is 21.8. The number of hydrogen-bond donors (Lipinski definition) is 4. The summed E-state index contributed by atoms with van der Waals surface area (Å²) in [4.78, 5) is 74.6. The fourth-order valence-corrected chi connectivity index (χ4v) is 12.6. The van der Waals surface area contributed by atoms with Crippen molar-refractivity contribution in [3.8, 4) is 68.1 Å². The number of nitrogens with one attached hydrogen (secondary N) is 4. The summed E-state index contributed by atoms with van der Waals surface area (Å²) >= 11 is 0. The molecule has 0 saturated carbocycles. The van der Waals surface area contributed by atoms with E-state index in [-0.39, 0.29) is 26.1 Å². The molecule has 104 heavy (non-hydrogen) atoms. The number of nitrogens with zero attached hydrogens (tertiary/aromatic N) is 4. The second kappa shape index (κ2) is 37.6. The number of carbonyl (C=O) groups excluding carboxylic acids is 4. The zero-order valence-corrected chi connectivity index (χ0v) is 62.3. The SMILES string of the molecule is CCCCCCOC(=O)[C@@H](Cc1ccc(OCCCCCC)c(-c2c3nc(c(-c4ccc(C#N)cc4)c4ccc([nH]4)c(-c4cc(C[C@@H](NC(=O)OC(C)(C)C)C(=O)OCCCCCC)ccc4OCCCCCC)c4nc(c(-c5ccc(C#N)cc5)c5ccc2[nH]5)C=C4)C=C3)c1)NC(=O)OC(C)(C)C. The molecule has 8 bridgehead atoms. The van der Waals surface area contributed by atoms with Crippen LogP contribution in [0.25, 0.3) is 90.9 Å². The summed E-state index contributed by atoms with van der Waals surface area (Å²) in [7, 11) is 0. The molecule has 5 heterocycles. The Hall–Kier alpha value is -10.5. The summed E-state index contributed by atoms with van der Waals surface area (Å²) in [5.41, 5.74) is 11.3. The van der Waals surface area contributed by atoms with Crippen molar-refractivity contribution in [1.82, 2.24) is 30.6 Å². The average molecular weight is 1410 g/mol. The van der Waals surface area contributed by atoms with Crippen LogP contribution < -0.4 is 20.1 Å². The van der Waals surface area contributed by atoms with Crippen molar-refractivity contribution >= 4 is 70.5 Å². The van der Waals surface area contributed by atoms with Gasteiger partial charge in [0.05, 0.1) is 72.5 Å².